The van der Waals surface area contributed by atoms with E-state index in [9.17, 15) is 4.39 Å². The van der Waals surface area contributed by atoms with Crippen LogP contribution in [0.25, 0.3) is 0 Å². The Kier molecular flexibility index (Phi) is 3.90. The molecule has 1 nitrogen and oxygen atoms in total. The number of rotatable bonds is 3. The minimum Gasteiger partial charge on any atom is -0.327 e. The van der Waals surface area contributed by atoms with Gasteiger partial charge in [0.15, 0.2) is 0 Å². The molecular formula is C17H17BrFN. The van der Waals surface area contributed by atoms with Crippen molar-refractivity contribution in [3.8, 4) is 0 Å². The van der Waals surface area contributed by atoms with Gasteiger partial charge in [0.2, 0.25) is 0 Å². The molecule has 1 aliphatic rings. The maximum Gasteiger partial charge on any atom is 0.137 e. The summed E-state index contributed by atoms with van der Waals surface area (Å²) in [6, 6.07) is 13.7. The van der Waals surface area contributed by atoms with Crippen molar-refractivity contribution in [1.29, 1.82) is 0 Å². The maximum atomic E-state index is 13.6. The summed E-state index contributed by atoms with van der Waals surface area (Å²) >= 11 is 3.32. The van der Waals surface area contributed by atoms with E-state index in [1.165, 1.54) is 17.2 Å². The summed E-state index contributed by atoms with van der Waals surface area (Å²) in [6.45, 7) is 0. The lowest BCUT2D eigenvalue weighted by Crippen LogP contribution is -2.29. The van der Waals surface area contributed by atoms with Gasteiger partial charge in [0.05, 0.1) is 4.47 Å². The zero-order chi connectivity index (χ0) is 14.1. The molecule has 0 saturated heterocycles. The fraction of sp³-hybridized carbons (Fsp3) is 0.294. The number of fused-ring (bicyclic) bond motifs is 1. The average Bonchev–Trinajstić information content (AvgIpc) is 2.88. The minimum absolute atomic E-state index is 0.0248. The van der Waals surface area contributed by atoms with Gasteiger partial charge in [0.25, 0.3) is 0 Å². The largest absolute Gasteiger partial charge is 0.327 e. The molecule has 0 spiro atoms. The van der Waals surface area contributed by atoms with Gasteiger partial charge in [-0.1, -0.05) is 36.4 Å². The Labute approximate surface area is 127 Å². The summed E-state index contributed by atoms with van der Waals surface area (Å²) in [4.78, 5) is 0. The van der Waals surface area contributed by atoms with Gasteiger partial charge < -0.3 is 5.73 Å². The number of aryl methyl sites for hydroxylation is 1. The number of nitrogens with two attached hydrogens (primary N) is 1. The zero-order valence-electron chi connectivity index (χ0n) is 11.2. The third-order valence-corrected chi connectivity index (χ3v) is 5.07. The Balaban J connectivity index is 1.81. The average molecular weight is 334 g/mol. The van der Waals surface area contributed by atoms with Crippen molar-refractivity contribution in [3.05, 3.63) is 69.4 Å². The van der Waals surface area contributed by atoms with Crippen LogP contribution in [0.15, 0.2) is 46.9 Å². The lowest BCUT2D eigenvalue weighted by atomic mass is 9.89. The number of hydrogen-bond donors (Lipinski definition) is 1. The monoisotopic (exact) mass is 333 g/mol. The first-order valence-corrected chi connectivity index (χ1v) is 7.72. The molecule has 104 valence electrons. The molecule has 1 aliphatic carbocycles. The molecular weight excluding hydrogens is 317 g/mol. The van der Waals surface area contributed by atoms with Gasteiger partial charge in [-0.05, 0) is 63.9 Å². The summed E-state index contributed by atoms with van der Waals surface area (Å²) in [5.41, 5.74) is 10.1. The van der Waals surface area contributed by atoms with Crippen molar-refractivity contribution in [2.45, 2.75) is 31.2 Å². The molecule has 0 aliphatic heterocycles. The number of halogens is 2. The first-order chi connectivity index (χ1) is 9.66. The topological polar surface area (TPSA) is 26.0 Å². The van der Waals surface area contributed by atoms with Crippen molar-refractivity contribution < 1.29 is 4.39 Å². The van der Waals surface area contributed by atoms with Crippen LogP contribution in [0.1, 0.15) is 29.0 Å². The van der Waals surface area contributed by atoms with Crippen LogP contribution < -0.4 is 5.73 Å². The zero-order valence-corrected chi connectivity index (χ0v) is 12.7. The van der Waals surface area contributed by atoms with E-state index in [1.807, 2.05) is 6.07 Å². The quantitative estimate of drug-likeness (QED) is 0.895. The highest BCUT2D eigenvalue weighted by Crippen LogP contribution is 2.36. The second kappa shape index (κ2) is 5.66. The third-order valence-electron chi connectivity index (χ3n) is 4.18. The lowest BCUT2D eigenvalue weighted by molar-refractivity contribution is 0.522. The molecule has 0 radical (unpaired) electrons. The van der Waals surface area contributed by atoms with Gasteiger partial charge in [0, 0.05) is 6.04 Å². The smallest absolute Gasteiger partial charge is 0.137 e. The van der Waals surface area contributed by atoms with E-state index in [0.717, 1.165) is 18.4 Å². The second-order valence-corrected chi connectivity index (χ2v) is 6.22. The first-order valence-electron chi connectivity index (χ1n) is 6.93. The van der Waals surface area contributed by atoms with E-state index < -0.39 is 0 Å². The summed E-state index contributed by atoms with van der Waals surface area (Å²) in [5, 5.41) is 0. The predicted octanol–water partition coefficient (Wildman–Crippen LogP) is 4.19. The van der Waals surface area contributed by atoms with Crippen LogP contribution in [0.4, 0.5) is 4.39 Å². The Morgan fingerprint density at radius 3 is 2.85 bits per heavy atom. The van der Waals surface area contributed by atoms with Crippen molar-refractivity contribution in [2.75, 3.05) is 0 Å². The highest BCUT2D eigenvalue weighted by atomic mass is 79.9. The van der Waals surface area contributed by atoms with Crippen LogP contribution >= 0.6 is 15.9 Å². The van der Waals surface area contributed by atoms with E-state index in [1.54, 1.807) is 6.07 Å². The highest BCUT2D eigenvalue weighted by Gasteiger charge is 2.27. The van der Waals surface area contributed by atoms with Gasteiger partial charge >= 0.3 is 0 Å². The number of benzene rings is 2. The molecule has 0 bridgehead atoms. The van der Waals surface area contributed by atoms with Crippen molar-refractivity contribution in [2.24, 2.45) is 5.73 Å². The molecule has 3 heteroatoms. The van der Waals surface area contributed by atoms with Crippen LogP contribution in [-0.2, 0) is 12.8 Å². The summed E-state index contributed by atoms with van der Waals surface area (Å²) < 4.78 is 14.1. The molecule has 0 amide bonds. The summed E-state index contributed by atoms with van der Waals surface area (Å²) in [5.74, 6) is 0.155. The van der Waals surface area contributed by atoms with Crippen molar-refractivity contribution in [3.63, 3.8) is 0 Å². The summed E-state index contributed by atoms with van der Waals surface area (Å²) in [7, 11) is 0. The van der Waals surface area contributed by atoms with Gasteiger partial charge in [0.1, 0.15) is 5.82 Å². The predicted molar refractivity (Wildman–Crippen MR) is 83.3 cm³/mol. The van der Waals surface area contributed by atoms with Gasteiger partial charge in [-0.3, -0.25) is 0 Å². The minimum atomic E-state index is -0.221. The molecule has 0 saturated carbocycles. The Morgan fingerprint density at radius 1 is 1.20 bits per heavy atom. The molecule has 2 atom stereocenters. The molecule has 2 aromatic rings. The molecule has 0 aromatic heterocycles. The molecule has 0 fully saturated rings. The Bertz CT molecular complexity index is 626. The van der Waals surface area contributed by atoms with E-state index in [4.69, 9.17) is 5.73 Å². The van der Waals surface area contributed by atoms with Crippen LogP contribution in [0.5, 0.6) is 0 Å². The van der Waals surface area contributed by atoms with Crippen molar-refractivity contribution >= 4 is 15.9 Å². The third kappa shape index (κ3) is 2.52. The second-order valence-electron chi connectivity index (χ2n) is 5.42. The van der Waals surface area contributed by atoms with Gasteiger partial charge in [-0.25, -0.2) is 4.39 Å². The normalized spacial score (nSPS) is 18.9. The molecule has 20 heavy (non-hydrogen) atoms. The van der Waals surface area contributed by atoms with Crippen LogP contribution in [0.3, 0.4) is 0 Å². The molecule has 2 aromatic carbocycles. The first kappa shape index (κ1) is 13.8. The fourth-order valence-electron chi connectivity index (χ4n) is 3.14. The molecule has 3 rings (SSSR count). The van der Waals surface area contributed by atoms with Gasteiger partial charge in [-0.15, -0.1) is 0 Å². The molecule has 0 heterocycles. The standard InChI is InChI=1S/C17H17BrFN/c18-17-12(5-3-7-15(17)19)10-16(20)14-9-8-11-4-1-2-6-13(11)14/h1-7,14,16H,8-10,20H2. The van der Waals surface area contributed by atoms with E-state index in [-0.39, 0.29) is 11.9 Å². The Morgan fingerprint density at radius 2 is 2.00 bits per heavy atom. The van der Waals surface area contributed by atoms with Crippen LogP contribution in [-0.4, -0.2) is 6.04 Å². The van der Waals surface area contributed by atoms with E-state index >= 15 is 0 Å². The lowest BCUT2D eigenvalue weighted by Gasteiger charge is -2.21. The highest BCUT2D eigenvalue weighted by molar-refractivity contribution is 9.10. The van der Waals surface area contributed by atoms with Crippen LogP contribution in [0.2, 0.25) is 0 Å². The summed E-state index contributed by atoms with van der Waals surface area (Å²) in [6.07, 6.45) is 2.88. The SMILES string of the molecule is NC(Cc1cccc(F)c1Br)C1CCc2ccccc21. The van der Waals surface area contributed by atoms with E-state index in [2.05, 4.69) is 40.2 Å². The maximum absolute atomic E-state index is 13.6. The molecule has 2 unspecified atom stereocenters. The van der Waals surface area contributed by atoms with Gasteiger partial charge in [-0.2, -0.15) is 0 Å². The molecule has 2 N–H and O–H groups in total. The fourth-order valence-corrected chi connectivity index (χ4v) is 3.56. The Hall–Kier alpha value is -1.19. The number of hydrogen-bond acceptors (Lipinski definition) is 1. The van der Waals surface area contributed by atoms with Crippen LogP contribution in [0, 0.1) is 5.82 Å². The van der Waals surface area contributed by atoms with E-state index in [0.29, 0.717) is 16.8 Å². The van der Waals surface area contributed by atoms with Crippen molar-refractivity contribution in [1.82, 2.24) is 0 Å².